The highest BCUT2D eigenvalue weighted by molar-refractivity contribution is 8.00. The van der Waals surface area contributed by atoms with Crippen molar-refractivity contribution in [1.29, 1.82) is 0 Å². The van der Waals surface area contributed by atoms with Gasteiger partial charge in [-0.05, 0) is 36.2 Å². The number of amides is 2. The van der Waals surface area contributed by atoms with E-state index in [0.29, 0.717) is 11.4 Å². The van der Waals surface area contributed by atoms with Crippen molar-refractivity contribution in [1.82, 2.24) is 0 Å². The first-order valence-electron chi connectivity index (χ1n) is 8.51. The van der Waals surface area contributed by atoms with Crippen LogP contribution in [-0.2, 0) is 16.0 Å². The van der Waals surface area contributed by atoms with Gasteiger partial charge in [0.1, 0.15) is 11.4 Å². The highest BCUT2D eigenvalue weighted by Gasteiger charge is 2.17. The number of rotatable bonds is 9. The van der Waals surface area contributed by atoms with E-state index in [4.69, 9.17) is 4.74 Å². The highest BCUT2D eigenvalue weighted by atomic mass is 32.2. The van der Waals surface area contributed by atoms with E-state index in [1.165, 1.54) is 30.9 Å². The molecule has 0 aliphatic heterocycles. The van der Waals surface area contributed by atoms with Crippen molar-refractivity contribution in [2.24, 2.45) is 0 Å². The summed E-state index contributed by atoms with van der Waals surface area (Å²) < 4.78 is 4.95. The number of hydrogen-bond donors (Lipinski definition) is 2. The lowest BCUT2D eigenvalue weighted by atomic mass is 10.1. The average molecular weight is 403 g/mol. The van der Waals surface area contributed by atoms with Crippen molar-refractivity contribution < 1.29 is 19.2 Å². The molecule has 2 rings (SSSR count). The molecule has 148 valence electrons. The summed E-state index contributed by atoms with van der Waals surface area (Å²) in [6.07, 6.45) is 0.922. The minimum Gasteiger partial charge on any atom is -0.496 e. The molecule has 2 N–H and O–H groups in total. The summed E-state index contributed by atoms with van der Waals surface area (Å²) in [5.74, 6) is -0.252. The SMILES string of the molecule is CCc1ccc(NC(=O)CSCC(=O)Nc2ccc(OC)cc2[N+](=O)[O-])cc1. The maximum atomic E-state index is 12.0. The third-order valence-corrected chi connectivity index (χ3v) is 4.72. The number of hydrogen-bond acceptors (Lipinski definition) is 6. The van der Waals surface area contributed by atoms with Crippen LogP contribution in [0.5, 0.6) is 5.75 Å². The number of aryl methyl sites for hydroxylation is 1. The molecule has 0 atom stereocenters. The summed E-state index contributed by atoms with van der Waals surface area (Å²) in [4.78, 5) is 34.5. The molecule has 0 heterocycles. The predicted molar refractivity (Wildman–Crippen MR) is 110 cm³/mol. The minimum atomic E-state index is -0.595. The molecule has 0 spiro atoms. The number of anilines is 2. The van der Waals surface area contributed by atoms with Crippen molar-refractivity contribution in [3.8, 4) is 5.75 Å². The molecule has 2 aromatic carbocycles. The van der Waals surface area contributed by atoms with Crippen molar-refractivity contribution in [3.63, 3.8) is 0 Å². The lowest BCUT2D eigenvalue weighted by molar-refractivity contribution is -0.384. The van der Waals surface area contributed by atoms with Gasteiger partial charge in [-0.15, -0.1) is 11.8 Å². The van der Waals surface area contributed by atoms with E-state index in [2.05, 4.69) is 17.6 Å². The summed E-state index contributed by atoms with van der Waals surface area (Å²) >= 11 is 1.12. The Morgan fingerprint density at radius 1 is 1.07 bits per heavy atom. The largest absolute Gasteiger partial charge is 0.496 e. The van der Waals surface area contributed by atoms with Crippen LogP contribution in [-0.4, -0.2) is 35.4 Å². The van der Waals surface area contributed by atoms with Gasteiger partial charge in [0.05, 0.1) is 29.6 Å². The summed E-state index contributed by atoms with van der Waals surface area (Å²) in [6.45, 7) is 2.05. The first kappa shape index (κ1) is 21.2. The molecule has 0 unspecified atom stereocenters. The van der Waals surface area contributed by atoms with E-state index < -0.39 is 10.8 Å². The van der Waals surface area contributed by atoms with Crippen LogP contribution in [0.1, 0.15) is 12.5 Å². The number of carbonyl (C=O) groups is 2. The molecule has 0 saturated heterocycles. The fourth-order valence-corrected chi connectivity index (χ4v) is 2.96. The third-order valence-electron chi connectivity index (χ3n) is 3.79. The molecular weight excluding hydrogens is 382 g/mol. The smallest absolute Gasteiger partial charge is 0.296 e. The van der Waals surface area contributed by atoms with Gasteiger partial charge in [0, 0.05) is 5.69 Å². The second-order valence-electron chi connectivity index (χ2n) is 5.78. The lowest BCUT2D eigenvalue weighted by Crippen LogP contribution is -2.19. The summed E-state index contributed by atoms with van der Waals surface area (Å²) in [5.41, 5.74) is 1.70. The second kappa shape index (κ2) is 10.3. The molecule has 0 bridgehead atoms. The van der Waals surface area contributed by atoms with Gasteiger partial charge in [0.15, 0.2) is 0 Å². The Hall–Kier alpha value is -3.07. The van der Waals surface area contributed by atoms with E-state index in [1.807, 2.05) is 24.3 Å². The number of nitro groups is 1. The lowest BCUT2D eigenvalue weighted by Gasteiger charge is -2.08. The number of nitro benzene ring substituents is 1. The number of carbonyl (C=O) groups excluding carboxylic acids is 2. The molecule has 2 aromatic rings. The highest BCUT2D eigenvalue weighted by Crippen LogP contribution is 2.29. The van der Waals surface area contributed by atoms with Gasteiger partial charge < -0.3 is 15.4 Å². The molecular formula is C19H21N3O5S. The zero-order valence-electron chi connectivity index (χ0n) is 15.6. The Morgan fingerprint density at radius 3 is 2.29 bits per heavy atom. The molecule has 0 radical (unpaired) electrons. The van der Waals surface area contributed by atoms with Crippen LogP contribution in [0.25, 0.3) is 0 Å². The monoisotopic (exact) mass is 403 g/mol. The topological polar surface area (TPSA) is 111 Å². The van der Waals surface area contributed by atoms with Crippen molar-refractivity contribution in [3.05, 3.63) is 58.1 Å². The van der Waals surface area contributed by atoms with Crippen LogP contribution in [0.4, 0.5) is 17.1 Å². The number of benzene rings is 2. The average Bonchev–Trinajstić information content (AvgIpc) is 2.68. The number of methoxy groups -OCH3 is 1. The molecule has 2 amide bonds. The Kier molecular flexibility index (Phi) is 7.82. The van der Waals surface area contributed by atoms with Crippen LogP contribution in [0.2, 0.25) is 0 Å². The number of ether oxygens (including phenoxy) is 1. The van der Waals surface area contributed by atoms with E-state index in [1.54, 1.807) is 0 Å². The van der Waals surface area contributed by atoms with Crippen LogP contribution in [0, 0.1) is 10.1 Å². The fraction of sp³-hybridized carbons (Fsp3) is 0.263. The zero-order chi connectivity index (χ0) is 20.5. The molecule has 28 heavy (non-hydrogen) atoms. The van der Waals surface area contributed by atoms with E-state index in [-0.39, 0.29) is 28.8 Å². The van der Waals surface area contributed by atoms with E-state index in [0.717, 1.165) is 18.2 Å². The molecule has 0 aliphatic rings. The first-order chi connectivity index (χ1) is 13.4. The minimum absolute atomic E-state index is 0.00856. The maximum absolute atomic E-state index is 12.0. The van der Waals surface area contributed by atoms with Gasteiger partial charge in [0.2, 0.25) is 11.8 Å². The Morgan fingerprint density at radius 2 is 1.71 bits per heavy atom. The van der Waals surface area contributed by atoms with Crippen LogP contribution in [0.3, 0.4) is 0 Å². The van der Waals surface area contributed by atoms with E-state index >= 15 is 0 Å². The number of nitrogens with one attached hydrogen (secondary N) is 2. The number of thioether (sulfide) groups is 1. The second-order valence-corrected chi connectivity index (χ2v) is 6.77. The van der Waals surface area contributed by atoms with Gasteiger partial charge in [0.25, 0.3) is 5.69 Å². The van der Waals surface area contributed by atoms with Gasteiger partial charge in [-0.1, -0.05) is 19.1 Å². The molecule has 0 fully saturated rings. The summed E-state index contributed by atoms with van der Waals surface area (Å²) in [5, 5.41) is 16.4. The predicted octanol–water partition coefficient (Wildman–Crippen LogP) is 3.48. The Balaban J connectivity index is 1.82. The van der Waals surface area contributed by atoms with E-state index in [9.17, 15) is 19.7 Å². The Bertz CT molecular complexity index is 855. The molecule has 0 aromatic heterocycles. The van der Waals surface area contributed by atoms with Gasteiger partial charge in [-0.2, -0.15) is 0 Å². The first-order valence-corrected chi connectivity index (χ1v) is 9.67. The van der Waals surface area contributed by atoms with Gasteiger partial charge in [-0.3, -0.25) is 19.7 Å². The van der Waals surface area contributed by atoms with Crippen LogP contribution < -0.4 is 15.4 Å². The molecule has 0 saturated carbocycles. The Labute approximate surface area is 166 Å². The van der Waals surface area contributed by atoms with Crippen molar-refractivity contribution in [2.45, 2.75) is 13.3 Å². The zero-order valence-corrected chi connectivity index (χ0v) is 16.4. The molecule has 0 aliphatic carbocycles. The van der Waals surface area contributed by atoms with Crippen molar-refractivity contribution in [2.75, 3.05) is 29.2 Å². The van der Waals surface area contributed by atoms with Gasteiger partial charge >= 0.3 is 0 Å². The standard InChI is InChI=1S/C19H21N3O5S/c1-3-13-4-6-14(7-5-13)20-18(23)11-28-12-19(24)21-16-9-8-15(27-2)10-17(16)22(25)26/h4-10H,3,11-12H2,1-2H3,(H,20,23)(H,21,24). The molecule has 8 nitrogen and oxygen atoms in total. The van der Waals surface area contributed by atoms with Crippen molar-refractivity contribution >= 4 is 40.6 Å². The van der Waals surface area contributed by atoms with Crippen LogP contribution >= 0.6 is 11.8 Å². The number of nitrogens with zero attached hydrogens (tertiary/aromatic N) is 1. The fourth-order valence-electron chi connectivity index (χ4n) is 2.34. The van der Waals surface area contributed by atoms with Gasteiger partial charge in [-0.25, -0.2) is 0 Å². The van der Waals surface area contributed by atoms with Crippen LogP contribution in [0.15, 0.2) is 42.5 Å². The summed E-state index contributed by atoms with van der Waals surface area (Å²) in [6, 6.07) is 11.7. The third kappa shape index (κ3) is 6.27. The summed E-state index contributed by atoms with van der Waals surface area (Å²) in [7, 11) is 1.40. The quantitative estimate of drug-likeness (QED) is 0.490. The molecule has 9 heteroatoms. The normalized spacial score (nSPS) is 10.2. The maximum Gasteiger partial charge on any atom is 0.296 e.